The summed E-state index contributed by atoms with van der Waals surface area (Å²) in [6, 6.07) is 10.2. The van der Waals surface area contributed by atoms with Crippen LogP contribution >= 0.6 is 0 Å². The zero-order valence-electron chi connectivity index (χ0n) is 19.2. The molecule has 3 heterocycles. The molecule has 0 radical (unpaired) electrons. The van der Waals surface area contributed by atoms with Crippen LogP contribution in [0.5, 0.6) is 0 Å². The van der Waals surface area contributed by atoms with Gasteiger partial charge in [0, 0.05) is 31.8 Å². The number of nitrogens with zero attached hydrogens (tertiary/aromatic N) is 4. The third kappa shape index (κ3) is 3.02. The van der Waals surface area contributed by atoms with E-state index in [1.807, 2.05) is 24.4 Å². The molecule has 3 aromatic heterocycles. The maximum Gasteiger partial charge on any atom is 0.404 e. The second kappa shape index (κ2) is 6.90. The summed E-state index contributed by atoms with van der Waals surface area (Å²) in [7, 11) is -1.45. The highest BCUT2D eigenvalue weighted by molar-refractivity contribution is 6.78. The van der Waals surface area contributed by atoms with Gasteiger partial charge in [0.25, 0.3) is 0 Å². The molecular formula is C24H28N6O2Si. The number of aromatic nitrogens is 5. The first kappa shape index (κ1) is 20.4. The Morgan fingerprint density at radius 1 is 1.18 bits per heavy atom. The number of hydrogen-bond donors (Lipinski definition) is 3. The third-order valence-corrected chi connectivity index (χ3v) is 10.4. The highest BCUT2D eigenvalue weighted by Crippen LogP contribution is 2.70. The first-order valence-electron chi connectivity index (χ1n) is 11.5. The maximum atomic E-state index is 11.5. The standard InChI is InChI=1S/C24H28N6O2Si/c1-12-7-5-6-8-13(12)19-23-29-28-22(30(23)16-9-10-25-21(16)27-19)14-11-15(26-24(31)32)18-17(14)20(18)33(2,3)4/h5-10,14-15,17-18,20,25-26H,11H2,1-4H3,(H,31,32)/t14-,15+,17+,18-,20?/m0/s1. The normalized spacial score (nSPS) is 26.6. The van der Waals surface area contributed by atoms with E-state index in [1.54, 1.807) is 0 Å². The molecular weight excluding hydrogens is 432 g/mol. The molecule has 5 atom stereocenters. The van der Waals surface area contributed by atoms with Gasteiger partial charge in [0.05, 0.1) is 5.52 Å². The molecule has 0 saturated heterocycles. The number of aromatic amines is 1. The molecule has 170 valence electrons. The van der Waals surface area contributed by atoms with Crippen LogP contribution in [-0.2, 0) is 0 Å². The van der Waals surface area contributed by atoms with Gasteiger partial charge in [-0.25, -0.2) is 9.78 Å². The van der Waals surface area contributed by atoms with Gasteiger partial charge in [-0.2, -0.15) is 0 Å². The van der Waals surface area contributed by atoms with Gasteiger partial charge in [0.2, 0.25) is 0 Å². The van der Waals surface area contributed by atoms with Gasteiger partial charge >= 0.3 is 6.09 Å². The van der Waals surface area contributed by atoms with Gasteiger partial charge in [-0.05, 0) is 42.4 Å². The number of carboxylic acid groups (broad SMARTS) is 1. The molecule has 2 aliphatic carbocycles. The van der Waals surface area contributed by atoms with Gasteiger partial charge in [0.1, 0.15) is 11.5 Å². The van der Waals surface area contributed by atoms with Gasteiger partial charge in [0.15, 0.2) is 11.3 Å². The lowest BCUT2D eigenvalue weighted by atomic mass is 10.0. The van der Waals surface area contributed by atoms with E-state index in [4.69, 9.17) is 10.1 Å². The molecule has 1 aromatic carbocycles. The van der Waals surface area contributed by atoms with Crippen molar-refractivity contribution < 1.29 is 9.90 Å². The Morgan fingerprint density at radius 2 is 1.97 bits per heavy atom. The van der Waals surface area contributed by atoms with Crippen LogP contribution in [0.1, 0.15) is 23.7 Å². The van der Waals surface area contributed by atoms with Gasteiger partial charge in [-0.1, -0.05) is 43.9 Å². The SMILES string of the molecule is Cc1ccccc1-c1nc2[nH]ccc2n2c([C@H]3C[C@@H](NC(=O)O)[C@@H]4C([Si](C)(C)C)[C@@H]43)nnc12. The van der Waals surface area contributed by atoms with Crippen molar-refractivity contribution in [3.63, 3.8) is 0 Å². The van der Waals surface area contributed by atoms with Crippen LogP contribution in [0, 0.1) is 18.8 Å². The van der Waals surface area contributed by atoms with Crippen molar-refractivity contribution in [2.24, 2.45) is 11.8 Å². The molecule has 8 nitrogen and oxygen atoms in total. The molecule has 33 heavy (non-hydrogen) atoms. The van der Waals surface area contributed by atoms with Crippen molar-refractivity contribution in [2.75, 3.05) is 0 Å². The van der Waals surface area contributed by atoms with E-state index >= 15 is 0 Å². The van der Waals surface area contributed by atoms with Crippen LogP contribution in [0.3, 0.4) is 0 Å². The van der Waals surface area contributed by atoms with Crippen LogP contribution in [0.25, 0.3) is 28.1 Å². The molecule has 1 unspecified atom stereocenters. The molecule has 2 saturated carbocycles. The maximum absolute atomic E-state index is 11.5. The first-order chi connectivity index (χ1) is 15.8. The lowest BCUT2D eigenvalue weighted by Gasteiger charge is -2.25. The minimum absolute atomic E-state index is 0.0269. The van der Waals surface area contributed by atoms with Crippen LogP contribution < -0.4 is 5.32 Å². The number of aryl methyl sites for hydroxylation is 1. The number of rotatable bonds is 4. The third-order valence-electron chi connectivity index (χ3n) is 7.68. The zero-order valence-corrected chi connectivity index (χ0v) is 20.2. The van der Waals surface area contributed by atoms with Gasteiger partial charge in [-0.15, -0.1) is 10.2 Å². The summed E-state index contributed by atoms with van der Waals surface area (Å²) in [5.41, 5.74) is 6.08. The topological polar surface area (TPSA) is 108 Å². The highest BCUT2D eigenvalue weighted by Gasteiger charge is 2.67. The Morgan fingerprint density at radius 3 is 2.70 bits per heavy atom. The summed E-state index contributed by atoms with van der Waals surface area (Å²) >= 11 is 0. The molecule has 0 spiro atoms. The van der Waals surface area contributed by atoms with Crippen molar-refractivity contribution in [3.05, 3.63) is 47.9 Å². The molecule has 6 rings (SSSR count). The number of carbonyl (C=O) groups is 1. The molecule has 1 amide bonds. The van der Waals surface area contributed by atoms with E-state index in [9.17, 15) is 9.90 Å². The Labute approximate surface area is 192 Å². The van der Waals surface area contributed by atoms with Gasteiger partial charge in [-0.3, -0.25) is 4.40 Å². The zero-order chi connectivity index (χ0) is 23.1. The first-order valence-corrected chi connectivity index (χ1v) is 15.1. The summed E-state index contributed by atoms with van der Waals surface area (Å²) in [6.45, 7) is 9.24. The van der Waals surface area contributed by atoms with Crippen molar-refractivity contribution in [1.29, 1.82) is 0 Å². The number of H-pyrrole nitrogens is 1. The van der Waals surface area contributed by atoms with Crippen LogP contribution in [0.15, 0.2) is 36.5 Å². The predicted octanol–water partition coefficient (Wildman–Crippen LogP) is 4.66. The summed E-state index contributed by atoms with van der Waals surface area (Å²) in [5, 5.41) is 21.6. The monoisotopic (exact) mass is 460 g/mol. The van der Waals surface area contributed by atoms with Crippen LogP contribution in [-0.4, -0.2) is 49.9 Å². The summed E-state index contributed by atoms with van der Waals surface area (Å²) in [5.74, 6) is 1.94. The Kier molecular flexibility index (Phi) is 4.27. The van der Waals surface area contributed by atoms with Crippen molar-refractivity contribution >= 4 is 31.0 Å². The highest BCUT2D eigenvalue weighted by atomic mass is 28.3. The predicted molar refractivity (Wildman–Crippen MR) is 129 cm³/mol. The molecule has 0 aliphatic heterocycles. The molecule has 2 aliphatic rings. The fraction of sp³-hybridized carbons (Fsp3) is 0.417. The van der Waals surface area contributed by atoms with E-state index < -0.39 is 14.2 Å². The number of nitrogens with one attached hydrogen (secondary N) is 2. The van der Waals surface area contributed by atoms with E-state index in [0.717, 1.165) is 45.9 Å². The number of amides is 1. The summed E-state index contributed by atoms with van der Waals surface area (Å²) in [4.78, 5) is 19.7. The number of hydrogen-bond acceptors (Lipinski definition) is 4. The average molecular weight is 461 g/mol. The fourth-order valence-corrected chi connectivity index (χ4v) is 9.57. The Balaban J connectivity index is 1.53. The molecule has 2 fully saturated rings. The quantitative estimate of drug-likeness (QED) is 0.384. The van der Waals surface area contributed by atoms with E-state index in [2.05, 4.69) is 58.5 Å². The molecule has 4 aromatic rings. The fourth-order valence-electron chi connectivity index (χ4n) is 6.46. The van der Waals surface area contributed by atoms with Crippen LogP contribution in [0.2, 0.25) is 25.2 Å². The lowest BCUT2D eigenvalue weighted by molar-refractivity contribution is 0.188. The van der Waals surface area contributed by atoms with Crippen molar-refractivity contribution in [3.8, 4) is 11.3 Å². The summed E-state index contributed by atoms with van der Waals surface area (Å²) in [6.07, 6.45) is 1.72. The van der Waals surface area contributed by atoms with Crippen molar-refractivity contribution in [2.45, 2.75) is 50.5 Å². The largest absolute Gasteiger partial charge is 0.465 e. The molecule has 3 N–H and O–H groups in total. The number of benzene rings is 1. The molecule has 0 bridgehead atoms. The summed E-state index contributed by atoms with van der Waals surface area (Å²) < 4.78 is 2.16. The average Bonchev–Trinajstić information content (AvgIpc) is 3.03. The Hall–Kier alpha value is -3.20. The second-order valence-corrected chi connectivity index (χ2v) is 16.0. The smallest absolute Gasteiger partial charge is 0.404 e. The Bertz CT molecular complexity index is 1400. The number of fused-ring (bicyclic) bond motifs is 4. The van der Waals surface area contributed by atoms with Crippen LogP contribution in [0.4, 0.5) is 4.79 Å². The van der Waals surface area contributed by atoms with Gasteiger partial charge < -0.3 is 15.4 Å². The van der Waals surface area contributed by atoms with E-state index in [1.165, 1.54) is 0 Å². The minimum Gasteiger partial charge on any atom is -0.465 e. The van der Waals surface area contributed by atoms with Crippen molar-refractivity contribution in [1.82, 2.24) is 29.9 Å². The molecule has 9 heteroatoms. The van der Waals surface area contributed by atoms with E-state index in [0.29, 0.717) is 17.4 Å². The van der Waals surface area contributed by atoms with E-state index in [-0.39, 0.29) is 12.0 Å². The second-order valence-electron chi connectivity index (χ2n) is 10.6. The minimum atomic E-state index is -1.45. The lowest BCUT2D eigenvalue weighted by Crippen LogP contribution is -2.37.